The van der Waals surface area contributed by atoms with Crippen molar-refractivity contribution in [2.24, 2.45) is 0 Å². The molecule has 0 radical (unpaired) electrons. The van der Waals surface area contributed by atoms with Crippen LogP contribution in [0.4, 0.5) is 16.2 Å². The van der Waals surface area contributed by atoms with Gasteiger partial charge < -0.3 is 15.5 Å². The molecular formula is C16H24N6O. The minimum Gasteiger partial charge on any atom is -0.372 e. The van der Waals surface area contributed by atoms with Crippen molar-refractivity contribution in [2.45, 2.75) is 32.7 Å². The van der Waals surface area contributed by atoms with Crippen molar-refractivity contribution in [3.63, 3.8) is 0 Å². The summed E-state index contributed by atoms with van der Waals surface area (Å²) in [6.45, 7) is 4.83. The molecule has 2 aromatic rings. The number of amides is 2. The van der Waals surface area contributed by atoms with E-state index < -0.39 is 0 Å². The van der Waals surface area contributed by atoms with E-state index in [-0.39, 0.29) is 6.03 Å². The lowest BCUT2D eigenvalue weighted by Crippen LogP contribution is -2.30. The van der Waals surface area contributed by atoms with Gasteiger partial charge in [0.15, 0.2) is 0 Å². The smallest absolute Gasteiger partial charge is 0.319 e. The van der Waals surface area contributed by atoms with Crippen LogP contribution in [0.3, 0.4) is 0 Å². The van der Waals surface area contributed by atoms with Gasteiger partial charge in [-0.3, -0.25) is 5.10 Å². The molecule has 0 aliphatic rings. The van der Waals surface area contributed by atoms with Crippen LogP contribution in [-0.4, -0.2) is 40.8 Å². The van der Waals surface area contributed by atoms with E-state index in [2.05, 4.69) is 44.6 Å². The topological polar surface area (TPSA) is 85.9 Å². The molecular weight excluding hydrogens is 292 g/mol. The van der Waals surface area contributed by atoms with Crippen LogP contribution >= 0.6 is 0 Å². The summed E-state index contributed by atoms with van der Waals surface area (Å²) in [7, 11) is 2.04. The van der Waals surface area contributed by atoms with E-state index in [4.69, 9.17) is 0 Å². The number of aromatic nitrogens is 3. The summed E-state index contributed by atoms with van der Waals surface area (Å²) in [5.41, 5.74) is 1.85. The minimum absolute atomic E-state index is 0.202. The van der Waals surface area contributed by atoms with Crippen molar-refractivity contribution >= 4 is 17.4 Å². The first-order valence-electron chi connectivity index (χ1n) is 7.78. The number of H-pyrrole nitrogens is 1. The van der Waals surface area contributed by atoms with Crippen molar-refractivity contribution in [2.75, 3.05) is 23.8 Å². The molecule has 0 aliphatic carbocycles. The van der Waals surface area contributed by atoms with Crippen LogP contribution in [-0.2, 0) is 6.42 Å². The molecule has 0 unspecified atom stereocenters. The monoisotopic (exact) mass is 316 g/mol. The highest BCUT2D eigenvalue weighted by Gasteiger charge is 2.07. The number of nitrogens with one attached hydrogen (secondary N) is 3. The number of rotatable bonds is 7. The third kappa shape index (κ3) is 5.28. The van der Waals surface area contributed by atoms with Crippen LogP contribution in [0, 0.1) is 0 Å². The van der Waals surface area contributed by atoms with Gasteiger partial charge in [0.05, 0.1) is 0 Å². The van der Waals surface area contributed by atoms with Crippen LogP contribution in [0.25, 0.3) is 0 Å². The Labute approximate surface area is 136 Å². The molecule has 1 aromatic heterocycles. The van der Waals surface area contributed by atoms with Crippen LogP contribution < -0.4 is 15.5 Å². The zero-order chi connectivity index (χ0) is 16.7. The van der Waals surface area contributed by atoms with Gasteiger partial charge >= 0.3 is 6.03 Å². The van der Waals surface area contributed by atoms with Gasteiger partial charge in [-0.05, 0) is 38.5 Å². The highest BCUT2D eigenvalue weighted by molar-refractivity contribution is 5.89. The number of nitrogens with zero attached hydrogens (tertiary/aromatic N) is 3. The molecule has 3 N–H and O–H groups in total. The molecule has 0 spiro atoms. The highest BCUT2D eigenvalue weighted by Crippen LogP contribution is 2.19. The van der Waals surface area contributed by atoms with Crippen molar-refractivity contribution in [1.82, 2.24) is 20.5 Å². The number of aromatic amines is 1. The number of anilines is 2. The molecule has 1 aromatic carbocycles. The second-order valence-corrected chi connectivity index (χ2v) is 5.67. The Kier molecular flexibility index (Phi) is 5.96. The maximum Gasteiger partial charge on any atom is 0.319 e. The molecule has 0 saturated heterocycles. The summed E-state index contributed by atoms with van der Waals surface area (Å²) in [6.07, 6.45) is 3.05. The number of benzene rings is 1. The first-order valence-corrected chi connectivity index (χ1v) is 7.78. The number of hydrogen-bond donors (Lipinski definition) is 3. The van der Waals surface area contributed by atoms with Gasteiger partial charge in [-0.1, -0.05) is 6.07 Å². The number of aryl methyl sites for hydroxylation is 1. The Morgan fingerprint density at radius 2 is 2.22 bits per heavy atom. The van der Waals surface area contributed by atoms with Gasteiger partial charge in [0, 0.05) is 37.4 Å². The minimum atomic E-state index is -0.202. The maximum absolute atomic E-state index is 11.9. The highest BCUT2D eigenvalue weighted by atomic mass is 16.2. The summed E-state index contributed by atoms with van der Waals surface area (Å²) in [4.78, 5) is 18.1. The van der Waals surface area contributed by atoms with E-state index in [1.54, 1.807) is 0 Å². The lowest BCUT2D eigenvalue weighted by molar-refractivity contribution is 0.252. The molecule has 124 valence electrons. The molecule has 7 nitrogen and oxygen atoms in total. The average Bonchev–Trinajstić information content (AvgIpc) is 3.04. The molecule has 0 fully saturated rings. The van der Waals surface area contributed by atoms with E-state index in [0.29, 0.717) is 12.6 Å². The van der Waals surface area contributed by atoms with Gasteiger partial charge in [0.2, 0.25) is 0 Å². The second-order valence-electron chi connectivity index (χ2n) is 5.67. The molecule has 23 heavy (non-hydrogen) atoms. The van der Waals surface area contributed by atoms with E-state index in [9.17, 15) is 4.79 Å². The SMILES string of the molecule is CC(C)N(C)c1cccc(NC(=O)NCCCc2ncn[nH]2)c1. The average molecular weight is 316 g/mol. The fourth-order valence-electron chi connectivity index (χ4n) is 2.09. The predicted molar refractivity (Wildman–Crippen MR) is 91.7 cm³/mol. The molecule has 1 heterocycles. The summed E-state index contributed by atoms with van der Waals surface area (Å²) >= 11 is 0. The van der Waals surface area contributed by atoms with Crippen molar-refractivity contribution < 1.29 is 4.79 Å². The van der Waals surface area contributed by atoms with E-state index in [1.165, 1.54) is 6.33 Å². The summed E-state index contributed by atoms with van der Waals surface area (Å²) in [5.74, 6) is 0.830. The number of hydrogen-bond acceptors (Lipinski definition) is 4. The van der Waals surface area contributed by atoms with Crippen molar-refractivity contribution in [3.8, 4) is 0 Å². The van der Waals surface area contributed by atoms with Gasteiger partial charge in [0.1, 0.15) is 12.2 Å². The molecule has 7 heteroatoms. The normalized spacial score (nSPS) is 10.6. The van der Waals surface area contributed by atoms with Crippen molar-refractivity contribution in [3.05, 3.63) is 36.4 Å². The molecule has 2 amide bonds. The van der Waals surface area contributed by atoms with Crippen LogP contribution in [0.15, 0.2) is 30.6 Å². The standard InChI is InChI=1S/C16H24N6O/c1-12(2)22(3)14-7-4-6-13(10-14)20-16(23)17-9-5-8-15-18-11-19-21-15/h4,6-7,10-12H,5,8-9H2,1-3H3,(H2,17,20,23)(H,18,19,21). The predicted octanol–water partition coefficient (Wildman–Crippen LogP) is 2.40. The van der Waals surface area contributed by atoms with Gasteiger partial charge in [0.25, 0.3) is 0 Å². The first-order chi connectivity index (χ1) is 11.1. The summed E-state index contributed by atoms with van der Waals surface area (Å²) < 4.78 is 0. The zero-order valence-corrected chi connectivity index (χ0v) is 13.8. The quantitative estimate of drug-likeness (QED) is 0.685. The fourth-order valence-corrected chi connectivity index (χ4v) is 2.09. The van der Waals surface area contributed by atoms with Gasteiger partial charge in [-0.15, -0.1) is 0 Å². The molecule has 0 bridgehead atoms. The third-order valence-corrected chi connectivity index (χ3v) is 3.63. The molecule has 0 atom stereocenters. The van der Waals surface area contributed by atoms with Crippen LogP contribution in [0.2, 0.25) is 0 Å². The largest absolute Gasteiger partial charge is 0.372 e. The third-order valence-electron chi connectivity index (χ3n) is 3.63. The van der Waals surface area contributed by atoms with Gasteiger partial charge in [-0.25, -0.2) is 9.78 Å². The zero-order valence-electron chi connectivity index (χ0n) is 13.8. The lowest BCUT2D eigenvalue weighted by Gasteiger charge is -2.24. The summed E-state index contributed by atoms with van der Waals surface area (Å²) in [6, 6.07) is 8.01. The Hall–Kier alpha value is -2.57. The Balaban J connectivity index is 1.77. The maximum atomic E-state index is 11.9. The number of carbonyl (C=O) groups is 1. The fraction of sp³-hybridized carbons (Fsp3) is 0.438. The van der Waals surface area contributed by atoms with Crippen LogP contribution in [0.5, 0.6) is 0 Å². The van der Waals surface area contributed by atoms with Crippen molar-refractivity contribution in [1.29, 1.82) is 0 Å². The second kappa shape index (κ2) is 8.17. The number of urea groups is 1. The Morgan fingerprint density at radius 1 is 1.39 bits per heavy atom. The number of carbonyl (C=O) groups excluding carboxylic acids is 1. The van der Waals surface area contributed by atoms with Gasteiger partial charge in [-0.2, -0.15) is 5.10 Å². The first kappa shape index (κ1) is 16.8. The Morgan fingerprint density at radius 3 is 2.91 bits per heavy atom. The van der Waals surface area contributed by atoms with E-state index >= 15 is 0 Å². The van der Waals surface area contributed by atoms with E-state index in [0.717, 1.165) is 30.0 Å². The summed E-state index contributed by atoms with van der Waals surface area (Å²) in [5, 5.41) is 12.3. The molecule has 2 rings (SSSR count). The van der Waals surface area contributed by atoms with Crippen LogP contribution in [0.1, 0.15) is 26.1 Å². The molecule has 0 saturated carbocycles. The lowest BCUT2D eigenvalue weighted by atomic mass is 10.2. The Bertz CT molecular complexity index is 611. The van der Waals surface area contributed by atoms with E-state index in [1.807, 2.05) is 31.3 Å². The molecule has 0 aliphatic heterocycles.